The smallest absolute Gasteiger partial charge is 0.321 e. The van der Waals surface area contributed by atoms with Crippen LogP contribution >= 0.6 is 0 Å². The number of carbonyl (C=O) groups excluding carboxylic acids is 3. The van der Waals surface area contributed by atoms with E-state index in [0.717, 1.165) is 34.3 Å². The van der Waals surface area contributed by atoms with Crippen LogP contribution in [0.15, 0.2) is 46.1 Å². The number of ketones is 1. The van der Waals surface area contributed by atoms with Crippen molar-refractivity contribution in [2.24, 2.45) is 29.1 Å². The fourth-order valence-electron chi connectivity index (χ4n) is 9.70. The lowest BCUT2D eigenvalue weighted by Crippen LogP contribution is -2.55. The summed E-state index contributed by atoms with van der Waals surface area (Å²) in [7, 11) is 0. The standard InChI is InChI=1S/C41H60O8/c1-23(2)36-32(47-28(7)42)20-24(3)11-10-12-25(4)21-33(43)41-30-19-26(5)13-14-34-40(9,46)18-16-35(48-34)39(8,45)17-15-29(30)27(6)22-31(41)37(36)49-38(41)44/h11,19,21,23,30-32,34-37,45-46H,10,12-18,20,22H2,1-9H3/b24-11+,25-21-,26-19+/t30-,31-,32?,34-,35+,36+,37-,39-,40+,41-/m0/s1. The normalized spacial score (nSPS) is 44.1. The fourth-order valence-corrected chi connectivity index (χ4v) is 9.70. The Bertz CT molecular complexity index is 1440. The van der Waals surface area contributed by atoms with Crippen LogP contribution in [0.4, 0.5) is 0 Å². The maximum atomic E-state index is 15.0. The van der Waals surface area contributed by atoms with Gasteiger partial charge in [-0.15, -0.1) is 0 Å². The number of esters is 2. The fraction of sp³-hybridized carbons (Fsp3) is 0.732. The highest BCUT2D eigenvalue weighted by molar-refractivity contribution is 6.12. The van der Waals surface area contributed by atoms with Crippen molar-refractivity contribution in [3.8, 4) is 0 Å². The lowest BCUT2D eigenvalue weighted by atomic mass is 9.53. The van der Waals surface area contributed by atoms with Crippen molar-refractivity contribution in [3.05, 3.63) is 46.1 Å². The molecule has 0 saturated carbocycles. The molecule has 1 unspecified atom stereocenters. The minimum absolute atomic E-state index is 0.00942. The van der Waals surface area contributed by atoms with Gasteiger partial charge in [-0.1, -0.05) is 53.9 Å². The third kappa shape index (κ3) is 7.30. The molecule has 4 bridgehead atoms. The minimum atomic E-state index is -1.50. The molecule has 2 fully saturated rings. The number of allylic oxidation sites excluding steroid dienone is 7. The van der Waals surface area contributed by atoms with Crippen LogP contribution in [0.5, 0.6) is 0 Å². The Hall–Kier alpha value is -2.55. The van der Waals surface area contributed by atoms with Gasteiger partial charge in [-0.25, -0.2) is 0 Å². The van der Waals surface area contributed by atoms with E-state index in [4.69, 9.17) is 14.2 Å². The topological polar surface area (TPSA) is 119 Å². The number of hydrogen-bond donors (Lipinski definition) is 2. The molecule has 0 spiro atoms. The van der Waals surface area contributed by atoms with Gasteiger partial charge in [-0.05, 0) is 111 Å². The number of rotatable bonds is 2. The number of ether oxygens (including phenoxy) is 3. The molecule has 2 saturated heterocycles. The summed E-state index contributed by atoms with van der Waals surface area (Å²) in [6.45, 7) is 17.3. The second-order valence-corrected chi connectivity index (χ2v) is 16.9. The quantitative estimate of drug-likeness (QED) is 0.178. The summed E-state index contributed by atoms with van der Waals surface area (Å²) >= 11 is 0. The average Bonchev–Trinajstić information content (AvgIpc) is 3.26. The molecule has 8 nitrogen and oxygen atoms in total. The molecule has 0 aromatic rings. The molecule has 8 heteroatoms. The summed E-state index contributed by atoms with van der Waals surface area (Å²) in [5.74, 6) is -2.49. The highest BCUT2D eigenvalue weighted by Gasteiger charge is 2.68. The van der Waals surface area contributed by atoms with Gasteiger partial charge >= 0.3 is 11.9 Å². The molecule has 5 aliphatic rings. The number of hydrogen-bond acceptors (Lipinski definition) is 8. The van der Waals surface area contributed by atoms with Crippen LogP contribution < -0.4 is 0 Å². The summed E-state index contributed by atoms with van der Waals surface area (Å²) in [4.78, 5) is 42.4. The first-order valence-electron chi connectivity index (χ1n) is 18.6. The molecule has 2 N–H and O–H groups in total. The molecule has 272 valence electrons. The van der Waals surface area contributed by atoms with Crippen LogP contribution in [-0.4, -0.2) is 63.6 Å². The van der Waals surface area contributed by atoms with E-state index in [2.05, 4.69) is 32.9 Å². The molecule has 49 heavy (non-hydrogen) atoms. The van der Waals surface area contributed by atoms with E-state index in [1.807, 2.05) is 34.6 Å². The van der Waals surface area contributed by atoms with Crippen LogP contribution in [0.2, 0.25) is 0 Å². The molecule has 10 atom stereocenters. The summed E-state index contributed by atoms with van der Waals surface area (Å²) in [6, 6.07) is 0. The lowest BCUT2D eigenvalue weighted by Gasteiger charge is -2.47. The Labute approximate surface area is 293 Å². The predicted molar refractivity (Wildman–Crippen MR) is 188 cm³/mol. The van der Waals surface area contributed by atoms with Gasteiger partial charge in [0.25, 0.3) is 0 Å². The van der Waals surface area contributed by atoms with Gasteiger partial charge in [0.15, 0.2) is 5.78 Å². The Morgan fingerprint density at radius 2 is 1.59 bits per heavy atom. The van der Waals surface area contributed by atoms with Crippen molar-refractivity contribution >= 4 is 17.7 Å². The Balaban J connectivity index is 1.71. The zero-order chi connectivity index (χ0) is 36.1. The van der Waals surface area contributed by atoms with Crippen LogP contribution in [0.3, 0.4) is 0 Å². The second-order valence-electron chi connectivity index (χ2n) is 16.9. The zero-order valence-corrected chi connectivity index (χ0v) is 31.3. The molecular weight excluding hydrogens is 620 g/mol. The largest absolute Gasteiger partial charge is 0.462 e. The summed E-state index contributed by atoms with van der Waals surface area (Å²) < 4.78 is 19.0. The summed E-state index contributed by atoms with van der Waals surface area (Å²) in [5.41, 5.74) is 1.46. The van der Waals surface area contributed by atoms with Crippen molar-refractivity contribution in [2.45, 2.75) is 162 Å². The Kier molecular flexibility index (Phi) is 10.9. The average molecular weight is 681 g/mol. The van der Waals surface area contributed by atoms with Crippen molar-refractivity contribution in [3.63, 3.8) is 0 Å². The molecule has 0 radical (unpaired) electrons. The van der Waals surface area contributed by atoms with E-state index < -0.39 is 58.8 Å². The highest BCUT2D eigenvalue weighted by atomic mass is 16.6. The SMILES string of the molecule is CC(=O)OC1C/C(C)=C/CC/C(C)=C\C(=O)[C@@]23C(=O)O[C@H]([C@@H]1C(C)C)[C@@H]2CC(C)=C1CC[C@](C)(O)[C@H]2CC[C@@](C)(O)[C@H](CC/C(C)=C/[C@@H]13)O2. The van der Waals surface area contributed by atoms with Crippen LogP contribution in [-0.2, 0) is 28.6 Å². The van der Waals surface area contributed by atoms with Crippen molar-refractivity contribution < 1.29 is 38.8 Å². The molecule has 2 aliphatic carbocycles. The van der Waals surface area contributed by atoms with Gasteiger partial charge in [-0.2, -0.15) is 0 Å². The number of aliphatic hydroxyl groups is 2. The van der Waals surface area contributed by atoms with E-state index in [0.29, 0.717) is 57.8 Å². The Morgan fingerprint density at radius 1 is 0.918 bits per heavy atom. The van der Waals surface area contributed by atoms with Gasteiger partial charge in [0.1, 0.15) is 17.6 Å². The second kappa shape index (κ2) is 14.2. The molecule has 0 amide bonds. The predicted octanol–water partition coefficient (Wildman–Crippen LogP) is 7.27. The van der Waals surface area contributed by atoms with Gasteiger partial charge in [0.2, 0.25) is 0 Å². The van der Waals surface area contributed by atoms with Gasteiger partial charge in [0.05, 0.1) is 23.4 Å². The molecule has 0 aromatic heterocycles. The lowest BCUT2D eigenvalue weighted by molar-refractivity contribution is -0.216. The first kappa shape index (κ1) is 37.7. The third-order valence-electron chi connectivity index (χ3n) is 12.5. The summed E-state index contributed by atoms with van der Waals surface area (Å²) in [6.07, 6.45) is 9.47. The molecule has 5 rings (SSSR count). The van der Waals surface area contributed by atoms with Gasteiger partial charge in [-0.3, -0.25) is 14.4 Å². The van der Waals surface area contributed by atoms with E-state index in [-0.39, 0.29) is 23.6 Å². The molecule has 0 aromatic carbocycles. The monoisotopic (exact) mass is 680 g/mol. The maximum absolute atomic E-state index is 15.0. The number of fused-ring (bicyclic) bond motifs is 3. The van der Waals surface area contributed by atoms with E-state index in [1.165, 1.54) is 6.92 Å². The van der Waals surface area contributed by atoms with Crippen LogP contribution in [0.1, 0.15) is 127 Å². The minimum Gasteiger partial charge on any atom is -0.462 e. The van der Waals surface area contributed by atoms with Crippen molar-refractivity contribution in [2.75, 3.05) is 0 Å². The van der Waals surface area contributed by atoms with Crippen molar-refractivity contribution in [1.82, 2.24) is 0 Å². The highest BCUT2D eigenvalue weighted by Crippen LogP contribution is 2.60. The zero-order valence-electron chi connectivity index (χ0n) is 31.3. The van der Waals surface area contributed by atoms with Crippen LogP contribution in [0, 0.1) is 29.1 Å². The van der Waals surface area contributed by atoms with E-state index in [1.54, 1.807) is 6.08 Å². The van der Waals surface area contributed by atoms with Gasteiger partial charge < -0.3 is 24.4 Å². The first-order chi connectivity index (χ1) is 22.9. The van der Waals surface area contributed by atoms with E-state index in [9.17, 15) is 19.8 Å². The molecule has 3 aliphatic heterocycles. The van der Waals surface area contributed by atoms with Crippen molar-refractivity contribution in [1.29, 1.82) is 0 Å². The third-order valence-corrected chi connectivity index (χ3v) is 12.5. The summed E-state index contributed by atoms with van der Waals surface area (Å²) in [5, 5.41) is 23.1. The van der Waals surface area contributed by atoms with E-state index >= 15 is 4.79 Å². The van der Waals surface area contributed by atoms with Gasteiger partial charge in [0, 0.05) is 31.1 Å². The number of carbonyl (C=O) groups is 3. The maximum Gasteiger partial charge on any atom is 0.321 e. The molecular formula is C41H60O8. The molecule has 3 heterocycles. The Morgan fingerprint density at radius 3 is 2.27 bits per heavy atom. The first-order valence-corrected chi connectivity index (χ1v) is 18.6. The van der Waals surface area contributed by atoms with Crippen LogP contribution in [0.25, 0.3) is 0 Å².